The number of likely N-dealkylation sites (N-methyl/N-ethyl adjacent to an activating group) is 1. The quantitative estimate of drug-likeness (QED) is 0.385. The fourth-order valence-corrected chi connectivity index (χ4v) is 2.80. The van der Waals surface area contributed by atoms with Gasteiger partial charge in [-0.05, 0) is 36.8 Å². The maximum atomic E-state index is 12.1. The Kier molecular flexibility index (Phi) is 9.04. The smallest absolute Gasteiger partial charge is 0.243 e. The van der Waals surface area contributed by atoms with Gasteiger partial charge in [0.2, 0.25) is 11.8 Å². The highest BCUT2D eigenvalue weighted by Gasteiger charge is 2.21. The first-order valence-electron chi connectivity index (χ1n) is 8.38. The van der Waals surface area contributed by atoms with Gasteiger partial charge in [-0.1, -0.05) is 44.2 Å². The zero-order valence-corrected chi connectivity index (χ0v) is 14.7. The van der Waals surface area contributed by atoms with Crippen molar-refractivity contribution < 1.29 is 14.8 Å². The van der Waals surface area contributed by atoms with E-state index in [-0.39, 0.29) is 24.3 Å². The molecule has 134 valence electrons. The number of hydrogen-bond donors (Lipinski definition) is 4. The molecule has 1 rings (SSSR count). The van der Waals surface area contributed by atoms with Crippen LogP contribution in [-0.4, -0.2) is 36.7 Å². The second-order valence-corrected chi connectivity index (χ2v) is 6.50. The van der Waals surface area contributed by atoms with Crippen molar-refractivity contribution in [2.24, 2.45) is 11.8 Å². The number of hydroxylamine groups is 1. The third kappa shape index (κ3) is 7.57. The molecule has 0 aliphatic heterocycles. The first kappa shape index (κ1) is 20.1. The lowest BCUT2D eigenvalue weighted by molar-refractivity contribution is -0.130. The maximum absolute atomic E-state index is 12.1. The van der Waals surface area contributed by atoms with Crippen LogP contribution < -0.4 is 16.1 Å². The Morgan fingerprint density at radius 3 is 2.38 bits per heavy atom. The number of nitrogens with one attached hydrogen (secondary N) is 3. The van der Waals surface area contributed by atoms with Crippen LogP contribution in [0, 0.1) is 11.8 Å². The van der Waals surface area contributed by atoms with E-state index in [2.05, 4.69) is 24.5 Å². The van der Waals surface area contributed by atoms with E-state index in [0.717, 1.165) is 12.0 Å². The molecule has 0 heterocycles. The summed E-state index contributed by atoms with van der Waals surface area (Å²) in [4.78, 5) is 23.6. The molecule has 0 bridgehead atoms. The van der Waals surface area contributed by atoms with Crippen molar-refractivity contribution in [3.8, 4) is 0 Å². The molecule has 1 aromatic carbocycles. The first-order chi connectivity index (χ1) is 11.5. The van der Waals surface area contributed by atoms with E-state index in [4.69, 9.17) is 5.21 Å². The monoisotopic (exact) mass is 335 g/mol. The third-order valence-electron chi connectivity index (χ3n) is 3.90. The van der Waals surface area contributed by atoms with Crippen molar-refractivity contribution in [3.63, 3.8) is 0 Å². The number of carbonyl (C=O) groups excluding carboxylic acids is 2. The van der Waals surface area contributed by atoms with Gasteiger partial charge in [0.1, 0.15) is 0 Å². The van der Waals surface area contributed by atoms with Gasteiger partial charge in [0, 0.05) is 13.5 Å². The Morgan fingerprint density at radius 1 is 1.17 bits per heavy atom. The lowest BCUT2D eigenvalue weighted by Gasteiger charge is -2.23. The molecule has 6 nitrogen and oxygen atoms in total. The number of rotatable bonds is 10. The van der Waals surface area contributed by atoms with Gasteiger partial charge in [0.15, 0.2) is 0 Å². The average Bonchev–Trinajstić information content (AvgIpc) is 2.57. The molecular weight excluding hydrogens is 306 g/mol. The Bertz CT molecular complexity index is 505. The summed E-state index contributed by atoms with van der Waals surface area (Å²) in [5, 5.41) is 14.7. The largest absolute Gasteiger partial charge is 0.358 e. The van der Waals surface area contributed by atoms with E-state index >= 15 is 0 Å². The molecule has 1 unspecified atom stereocenters. The molecule has 0 aliphatic rings. The molecule has 0 aromatic heterocycles. The first-order valence-corrected chi connectivity index (χ1v) is 8.38. The topological polar surface area (TPSA) is 90.5 Å². The summed E-state index contributed by atoms with van der Waals surface area (Å²) in [5.74, 6) is 0.00621. The summed E-state index contributed by atoms with van der Waals surface area (Å²) in [6, 6.07) is 9.46. The SMILES string of the molecule is CNC(=O)[C@H](Cc1ccccc1)NCC(CC(=O)NO)CC(C)C. The second-order valence-electron chi connectivity index (χ2n) is 6.50. The summed E-state index contributed by atoms with van der Waals surface area (Å²) in [6.07, 6.45) is 1.65. The van der Waals surface area contributed by atoms with Gasteiger partial charge in [-0.15, -0.1) is 0 Å². The van der Waals surface area contributed by atoms with Crippen molar-refractivity contribution >= 4 is 11.8 Å². The van der Waals surface area contributed by atoms with Crippen molar-refractivity contribution in [2.75, 3.05) is 13.6 Å². The van der Waals surface area contributed by atoms with Gasteiger partial charge in [0.25, 0.3) is 0 Å². The van der Waals surface area contributed by atoms with E-state index in [0.29, 0.717) is 18.9 Å². The van der Waals surface area contributed by atoms with Crippen LogP contribution in [0.3, 0.4) is 0 Å². The van der Waals surface area contributed by atoms with Gasteiger partial charge >= 0.3 is 0 Å². The molecular formula is C18H29N3O3. The van der Waals surface area contributed by atoms with Crippen LogP contribution in [0.4, 0.5) is 0 Å². The Hall–Kier alpha value is -1.92. The summed E-state index contributed by atoms with van der Waals surface area (Å²) in [5.41, 5.74) is 2.76. The van der Waals surface area contributed by atoms with E-state index < -0.39 is 5.91 Å². The molecule has 2 amide bonds. The highest BCUT2D eigenvalue weighted by atomic mass is 16.5. The lowest BCUT2D eigenvalue weighted by atomic mass is 9.93. The highest BCUT2D eigenvalue weighted by Crippen LogP contribution is 2.15. The standard InChI is InChI=1S/C18H29N3O3/c1-13(2)9-15(11-17(22)21-24)12-20-16(18(23)19-3)10-14-7-5-4-6-8-14/h4-8,13,15-16,20,24H,9-12H2,1-3H3,(H,19,23)(H,21,22)/t15?,16-/m0/s1. The minimum Gasteiger partial charge on any atom is -0.358 e. The molecule has 6 heteroatoms. The zero-order valence-electron chi connectivity index (χ0n) is 14.7. The van der Waals surface area contributed by atoms with Crippen molar-refractivity contribution in [1.29, 1.82) is 0 Å². The number of amides is 2. The number of carbonyl (C=O) groups is 2. The van der Waals surface area contributed by atoms with Crippen LogP contribution in [0.1, 0.15) is 32.3 Å². The lowest BCUT2D eigenvalue weighted by Crippen LogP contribution is -2.46. The fraction of sp³-hybridized carbons (Fsp3) is 0.556. The summed E-state index contributed by atoms with van der Waals surface area (Å²) in [7, 11) is 1.62. The minimum atomic E-state index is -0.401. The van der Waals surface area contributed by atoms with E-state index in [9.17, 15) is 9.59 Å². The van der Waals surface area contributed by atoms with Crippen LogP contribution in [0.2, 0.25) is 0 Å². The molecule has 4 N–H and O–H groups in total. The van der Waals surface area contributed by atoms with Crippen LogP contribution in [0.25, 0.3) is 0 Å². The van der Waals surface area contributed by atoms with E-state index in [1.54, 1.807) is 12.5 Å². The summed E-state index contributed by atoms with van der Waals surface area (Å²) in [6.45, 7) is 4.71. The second kappa shape index (κ2) is 10.8. The molecule has 0 saturated carbocycles. The third-order valence-corrected chi connectivity index (χ3v) is 3.90. The minimum absolute atomic E-state index is 0.0556. The Balaban J connectivity index is 2.69. The molecule has 0 saturated heterocycles. The average molecular weight is 335 g/mol. The highest BCUT2D eigenvalue weighted by molar-refractivity contribution is 5.81. The Morgan fingerprint density at radius 2 is 1.83 bits per heavy atom. The van der Waals surface area contributed by atoms with Crippen LogP contribution in [0.5, 0.6) is 0 Å². The predicted molar refractivity (Wildman–Crippen MR) is 93.5 cm³/mol. The van der Waals surface area contributed by atoms with Crippen molar-refractivity contribution in [2.45, 2.75) is 39.2 Å². The molecule has 2 atom stereocenters. The van der Waals surface area contributed by atoms with Crippen LogP contribution in [-0.2, 0) is 16.0 Å². The normalized spacial score (nSPS) is 13.4. The van der Waals surface area contributed by atoms with Gasteiger partial charge in [-0.2, -0.15) is 0 Å². The van der Waals surface area contributed by atoms with Gasteiger partial charge in [-0.3, -0.25) is 14.8 Å². The predicted octanol–water partition coefficient (Wildman–Crippen LogP) is 1.49. The molecule has 0 fully saturated rings. The van der Waals surface area contributed by atoms with Crippen molar-refractivity contribution in [1.82, 2.24) is 16.1 Å². The fourth-order valence-electron chi connectivity index (χ4n) is 2.80. The molecule has 1 aromatic rings. The Labute approximate surface area is 144 Å². The summed E-state index contributed by atoms with van der Waals surface area (Å²) >= 11 is 0. The van der Waals surface area contributed by atoms with Gasteiger partial charge < -0.3 is 10.6 Å². The summed E-state index contributed by atoms with van der Waals surface area (Å²) < 4.78 is 0. The molecule has 0 radical (unpaired) electrons. The zero-order chi connectivity index (χ0) is 17.9. The molecule has 0 spiro atoms. The van der Waals surface area contributed by atoms with Crippen LogP contribution in [0.15, 0.2) is 30.3 Å². The van der Waals surface area contributed by atoms with Gasteiger partial charge in [-0.25, -0.2) is 5.48 Å². The van der Waals surface area contributed by atoms with E-state index in [1.165, 1.54) is 0 Å². The van der Waals surface area contributed by atoms with Gasteiger partial charge in [0.05, 0.1) is 6.04 Å². The maximum Gasteiger partial charge on any atom is 0.243 e. The molecule has 24 heavy (non-hydrogen) atoms. The molecule has 0 aliphatic carbocycles. The van der Waals surface area contributed by atoms with Crippen LogP contribution >= 0.6 is 0 Å². The van der Waals surface area contributed by atoms with Crippen molar-refractivity contribution in [3.05, 3.63) is 35.9 Å². The number of hydrogen-bond acceptors (Lipinski definition) is 4. The van der Waals surface area contributed by atoms with E-state index in [1.807, 2.05) is 30.3 Å². The number of benzene rings is 1.